The van der Waals surface area contributed by atoms with Gasteiger partial charge in [0, 0.05) is 13.0 Å². The van der Waals surface area contributed by atoms with Gasteiger partial charge in [0.2, 0.25) is 0 Å². The van der Waals surface area contributed by atoms with E-state index in [2.05, 4.69) is 5.32 Å². The Bertz CT molecular complexity index is 704. The zero-order valence-corrected chi connectivity index (χ0v) is 19.2. The molecule has 3 N–H and O–H groups in total. The van der Waals surface area contributed by atoms with Crippen LogP contribution >= 0.6 is 11.6 Å². The van der Waals surface area contributed by atoms with Crippen LogP contribution in [-0.4, -0.2) is 29.0 Å². The van der Waals surface area contributed by atoms with E-state index in [0.717, 1.165) is 29.9 Å². The summed E-state index contributed by atoms with van der Waals surface area (Å²) in [4.78, 5) is 23.5. The molecule has 0 aromatic heterocycles. The second-order valence-corrected chi connectivity index (χ2v) is 9.22. The summed E-state index contributed by atoms with van der Waals surface area (Å²) in [6.45, 7) is 0.741. The topological polar surface area (TPSA) is 96.4 Å². The van der Waals surface area contributed by atoms with Crippen LogP contribution in [0.25, 0.3) is 0 Å². The number of benzene rings is 1. The summed E-state index contributed by atoms with van der Waals surface area (Å²) in [6, 6.07) is 5.22. The first-order chi connectivity index (χ1) is 12.4. The van der Waals surface area contributed by atoms with Crippen LogP contribution in [0.15, 0.2) is 18.2 Å². The summed E-state index contributed by atoms with van der Waals surface area (Å²) in [6.07, 6.45) is 8.40. The molecule has 7 heteroatoms. The monoisotopic (exact) mass is 415 g/mol. The number of amides is 1. The van der Waals surface area contributed by atoms with Gasteiger partial charge in [-0.2, -0.15) is 0 Å². The van der Waals surface area contributed by atoms with Crippen LogP contribution in [0.4, 0.5) is 0 Å². The average Bonchev–Trinajstić information content (AvgIpc) is 2.58. The third-order valence-electron chi connectivity index (χ3n) is 6.69. The molecule has 4 fully saturated rings. The van der Waals surface area contributed by atoms with Crippen molar-refractivity contribution in [1.29, 1.82) is 0 Å². The molecule has 4 bridgehead atoms. The largest absolute Gasteiger partial charge is 1.00 e. The standard InChI is InChI=1S/C21H26ClNO3.Na.H2O/c22-18-3-1-13(2-4-19(24)25)8-17(18)20(26)23-12-21-9-14-5-15(10-21)7-16(6-14)11-21;;/h1,3,8,14-16H,2,4-7,9-12H2,(H,23,26)(H,24,25);;1H2/q;+1;/p-1. The van der Waals surface area contributed by atoms with Crippen molar-refractivity contribution in [1.82, 2.24) is 5.32 Å². The zero-order valence-electron chi connectivity index (χ0n) is 16.4. The molecule has 4 saturated carbocycles. The van der Waals surface area contributed by atoms with Crippen LogP contribution in [0.5, 0.6) is 0 Å². The number of hydrogen-bond donors (Lipinski definition) is 2. The number of carbonyl (C=O) groups is 2. The average molecular weight is 416 g/mol. The maximum Gasteiger partial charge on any atom is 1.00 e. The van der Waals surface area contributed by atoms with Crippen molar-refractivity contribution in [2.24, 2.45) is 23.2 Å². The van der Waals surface area contributed by atoms with Crippen molar-refractivity contribution in [2.45, 2.75) is 51.4 Å². The number of aryl methyl sites for hydroxylation is 1. The van der Waals surface area contributed by atoms with E-state index in [-0.39, 0.29) is 52.8 Å². The number of aliphatic carboxylic acids is 1. The molecular formula is C21H27ClNNaO4. The molecular weight excluding hydrogens is 389 g/mol. The summed E-state index contributed by atoms with van der Waals surface area (Å²) >= 11 is 6.23. The molecule has 0 heterocycles. The predicted molar refractivity (Wildman–Crippen MR) is 102 cm³/mol. The minimum Gasteiger partial charge on any atom is -0.870 e. The molecule has 4 aliphatic carbocycles. The van der Waals surface area contributed by atoms with Gasteiger partial charge in [-0.15, -0.1) is 0 Å². The van der Waals surface area contributed by atoms with Crippen molar-refractivity contribution >= 4 is 23.5 Å². The van der Waals surface area contributed by atoms with Crippen LogP contribution in [-0.2, 0) is 11.2 Å². The Morgan fingerprint density at radius 1 is 1.11 bits per heavy atom. The molecule has 0 aliphatic heterocycles. The van der Waals surface area contributed by atoms with Gasteiger partial charge in [-0.05, 0) is 85.8 Å². The molecule has 5 nitrogen and oxygen atoms in total. The fraction of sp³-hybridized carbons (Fsp3) is 0.619. The molecule has 0 spiro atoms. The van der Waals surface area contributed by atoms with Crippen molar-refractivity contribution in [2.75, 3.05) is 6.54 Å². The maximum absolute atomic E-state index is 12.7. The van der Waals surface area contributed by atoms with Crippen LogP contribution in [0.2, 0.25) is 5.02 Å². The van der Waals surface area contributed by atoms with Crippen LogP contribution in [0.3, 0.4) is 0 Å². The second-order valence-electron chi connectivity index (χ2n) is 8.81. The number of nitrogens with one attached hydrogen (secondary N) is 1. The summed E-state index contributed by atoms with van der Waals surface area (Å²) in [5, 5.41) is 12.4. The molecule has 1 amide bonds. The summed E-state index contributed by atoms with van der Waals surface area (Å²) < 4.78 is 0. The smallest absolute Gasteiger partial charge is 0.870 e. The Labute approximate surface area is 193 Å². The maximum atomic E-state index is 12.7. The Morgan fingerprint density at radius 2 is 1.68 bits per heavy atom. The Balaban J connectivity index is 0.00000140. The first-order valence-corrected chi connectivity index (χ1v) is 10.1. The van der Waals surface area contributed by atoms with Gasteiger partial charge in [0.15, 0.2) is 0 Å². The van der Waals surface area contributed by atoms with Gasteiger partial charge in [0.05, 0.1) is 10.6 Å². The molecule has 5 rings (SSSR count). The van der Waals surface area contributed by atoms with Gasteiger partial charge in [-0.1, -0.05) is 17.7 Å². The third-order valence-corrected chi connectivity index (χ3v) is 7.02. The fourth-order valence-corrected chi connectivity index (χ4v) is 6.23. The van der Waals surface area contributed by atoms with E-state index in [4.69, 9.17) is 16.7 Å². The number of carboxylic acids is 1. The Hall–Kier alpha value is -0.590. The van der Waals surface area contributed by atoms with Crippen LogP contribution in [0, 0.1) is 23.2 Å². The van der Waals surface area contributed by atoms with Crippen molar-refractivity contribution in [3.63, 3.8) is 0 Å². The van der Waals surface area contributed by atoms with Crippen LogP contribution < -0.4 is 34.9 Å². The molecule has 4 aliphatic rings. The van der Waals surface area contributed by atoms with Crippen molar-refractivity contribution in [3.8, 4) is 0 Å². The minimum atomic E-state index is -0.840. The van der Waals surface area contributed by atoms with Gasteiger partial charge in [0.1, 0.15) is 0 Å². The minimum absolute atomic E-state index is 0. The van der Waals surface area contributed by atoms with E-state index in [9.17, 15) is 9.59 Å². The van der Waals surface area contributed by atoms with Gasteiger partial charge < -0.3 is 15.9 Å². The fourth-order valence-electron chi connectivity index (χ4n) is 6.02. The second kappa shape index (κ2) is 9.48. The number of carbonyl (C=O) groups excluding carboxylic acids is 1. The first kappa shape index (κ1) is 23.7. The Morgan fingerprint density at radius 3 is 2.21 bits per heavy atom. The SMILES string of the molecule is O=C(O)CCc1ccc(Cl)c(C(=O)NCC23CC4CC(CC(C4)C2)C3)c1.[Na+].[OH-]. The summed E-state index contributed by atoms with van der Waals surface area (Å²) in [5.41, 5.74) is 1.58. The molecule has 28 heavy (non-hydrogen) atoms. The van der Waals surface area contributed by atoms with Gasteiger partial charge in [-0.3, -0.25) is 9.59 Å². The van der Waals surface area contributed by atoms with Gasteiger partial charge in [-0.25, -0.2) is 0 Å². The third kappa shape index (κ3) is 5.11. The quantitative estimate of drug-likeness (QED) is 0.681. The van der Waals surface area contributed by atoms with Crippen molar-refractivity contribution < 1.29 is 49.7 Å². The Kier molecular flexibility index (Phi) is 8.02. The number of hydrogen-bond acceptors (Lipinski definition) is 3. The molecule has 0 saturated heterocycles. The van der Waals surface area contributed by atoms with Crippen molar-refractivity contribution in [3.05, 3.63) is 34.3 Å². The predicted octanol–water partition coefficient (Wildman–Crippen LogP) is 1.13. The number of rotatable bonds is 6. The molecule has 0 atom stereocenters. The van der Waals surface area contributed by atoms with E-state index in [1.807, 2.05) is 0 Å². The van der Waals surface area contributed by atoms with E-state index >= 15 is 0 Å². The molecule has 148 valence electrons. The summed E-state index contributed by atoms with van der Waals surface area (Å²) in [5.74, 6) is 1.61. The number of halogens is 1. The van der Waals surface area contributed by atoms with E-state index in [1.165, 1.54) is 38.5 Å². The van der Waals surface area contributed by atoms with E-state index in [1.54, 1.807) is 18.2 Å². The molecule has 0 unspecified atom stereocenters. The van der Waals surface area contributed by atoms with Gasteiger partial charge in [0.25, 0.3) is 5.91 Å². The number of carboxylic acid groups (broad SMARTS) is 1. The van der Waals surface area contributed by atoms with E-state index in [0.29, 0.717) is 17.0 Å². The zero-order chi connectivity index (χ0) is 18.3. The molecule has 1 aromatic rings. The molecule has 0 radical (unpaired) electrons. The van der Waals surface area contributed by atoms with E-state index < -0.39 is 5.97 Å². The molecule has 1 aromatic carbocycles. The van der Waals surface area contributed by atoms with Crippen LogP contribution in [0.1, 0.15) is 60.9 Å². The first-order valence-electron chi connectivity index (χ1n) is 9.71. The van der Waals surface area contributed by atoms with Gasteiger partial charge >= 0.3 is 35.5 Å². The normalized spacial score (nSPS) is 29.5. The summed E-state index contributed by atoms with van der Waals surface area (Å²) in [7, 11) is 0.